The minimum absolute atomic E-state index is 1.09. The largest absolute Gasteiger partial charge is 0.311 e. The Morgan fingerprint density at radius 2 is 0.338 bits per heavy atom. The van der Waals surface area contributed by atoms with Gasteiger partial charge in [-0.3, -0.25) is 0 Å². The van der Waals surface area contributed by atoms with Gasteiger partial charge in [0.2, 0.25) is 0 Å². The molecule has 0 saturated heterocycles. The number of anilines is 9. The molecule has 0 unspecified atom stereocenters. The average Bonchev–Trinajstić information content (AvgIpc) is 3.54. The van der Waals surface area contributed by atoms with Gasteiger partial charge in [0.15, 0.2) is 0 Å². The molecule has 0 aliphatic rings. The lowest BCUT2D eigenvalue weighted by Gasteiger charge is -2.27. The average molecular weight is 984 g/mol. The van der Waals surface area contributed by atoms with Crippen molar-refractivity contribution < 1.29 is 0 Å². The minimum atomic E-state index is 1.09. The fourth-order valence-corrected chi connectivity index (χ4v) is 10.7. The van der Waals surface area contributed by atoms with E-state index in [0.717, 1.165) is 51.2 Å². The van der Waals surface area contributed by atoms with Gasteiger partial charge in [-0.05, 0) is 175 Å². The van der Waals surface area contributed by atoms with E-state index in [0.29, 0.717) is 0 Å². The molecule has 13 aromatic rings. The zero-order valence-corrected chi connectivity index (χ0v) is 42.4. The Morgan fingerprint density at radius 1 is 0.143 bits per heavy atom. The quantitative estimate of drug-likeness (QED) is 0.107. The number of hydrogen-bond acceptors (Lipinski definition) is 3. The number of fused-ring (bicyclic) bond motifs is 3. The molecule has 0 aliphatic carbocycles. The van der Waals surface area contributed by atoms with Crippen LogP contribution in [0.5, 0.6) is 0 Å². The van der Waals surface area contributed by atoms with E-state index in [-0.39, 0.29) is 0 Å². The molecule has 0 heterocycles. The first-order valence-corrected chi connectivity index (χ1v) is 26.3. The predicted molar refractivity (Wildman–Crippen MR) is 327 cm³/mol. The molecule has 13 rings (SSSR count). The summed E-state index contributed by atoms with van der Waals surface area (Å²) in [6, 6.07) is 116. The van der Waals surface area contributed by atoms with Crippen molar-refractivity contribution in [2.24, 2.45) is 0 Å². The van der Waals surface area contributed by atoms with Crippen LogP contribution in [0.2, 0.25) is 0 Å². The highest BCUT2D eigenvalue weighted by Gasteiger charge is 2.18. The van der Waals surface area contributed by atoms with Crippen molar-refractivity contribution in [3.8, 4) is 44.5 Å². The van der Waals surface area contributed by atoms with Gasteiger partial charge in [0.05, 0.1) is 0 Å². The molecule has 0 amide bonds. The van der Waals surface area contributed by atoms with Gasteiger partial charge in [0.1, 0.15) is 0 Å². The molecular weight excluding hydrogens is 931 g/mol. The van der Waals surface area contributed by atoms with E-state index in [2.05, 4.69) is 336 Å². The lowest BCUT2D eigenvalue weighted by Crippen LogP contribution is -2.10. The summed E-state index contributed by atoms with van der Waals surface area (Å²) in [7, 11) is 0. The second-order valence-corrected chi connectivity index (χ2v) is 19.4. The van der Waals surface area contributed by atoms with Crippen LogP contribution in [0.15, 0.2) is 322 Å². The van der Waals surface area contributed by atoms with Crippen LogP contribution in [-0.4, -0.2) is 0 Å². The summed E-state index contributed by atoms with van der Waals surface area (Å²) >= 11 is 0. The van der Waals surface area contributed by atoms with Gasteiger partial charge in [-0.2, -0.15) is 0 Å². The van der Waals surface area contributed by atoms with E-state index >= 15 is 0 Å². The van der Waals surface area contributed by atoms with Crippen LogP contribution in [0.25, 0.3) is 66.1 Å². The highest BCUT2D eigenvalue weighted by molar-refractivity contribution is 6.10. The normalized spacial score (nSPS) is 11.1. The summed E-state index contributed by atoms with van der Waals surface area (Å²) in [5.74, 6) is 0. The second-order valence-electron chi connectivity index (χ2n) is 19.4. The van der Waals surface area contributed by atoms with Crippen LogP contribution in [0.3, 0.4) is 0 Å². The Kier molecular flexibility index (Phi) is 12.7. The molecule has 0 N–H and O–H groups in total. The number of benzene rings is 13. The monoisotopic (exact) mass is 983 g/mol. The first kappa shape index (κ1) is 46.6. The summed E-state index contributed by atoms with van der Waals surface area (Å²) in [5, 5.41) is 4.82. The van der Waals surface area contributed by atoms with E-state index in [9.17, 15) is 0 Å². The smallest absolute Gasteiger partial charge is 0.0468 e. The summed E-state index contributed by atoms with van der Waals surface area (Å²) in [6.07, 6.45) is 0. The van der Waals surface area contributed by atoms with Crippen LogP contribution in [-0.2, 0) is 0 Å². The van der Waals surface area contributed by atoms with Gasteiger partial charge in [0, 0.05) is 51.2 Å². The molecule has 0 bridgehead atoms. The zero-order chi connectivity index (χ0) is 51.3. The lowest BCUT2D eigenvalue weighted by atomic mass is 9.99. The van der Waals surface area contributed by atoms with Crippen molar-refractivity contribution in [1.82, 2.24) is 0 Å². The van der Waals surface area contributed by atoms with Crippen LogP contribution in [0.4, 0.5) is 51.2 Å². The maximum absolute atomic E-state index is 2.35. The van der Waals surface area contributed by atoms with Crippen LogP contribution in [0.1, 0.15) is 0 Å². The van der Waals surface area contributed by atoms with Gasteiger partial charge in [-0.25, -0.2) is 0 Å². The highest BCUT2D eigenvalue weighted by atomic mass is 15.2. The van der Waals surface area contributed by atoms with Crippen LogP contribution >= 0.6 is 0 Å². The second kappa shape index (κ2) is 21.0. The summed E-state index contributed by atoms with van der Waals surface area (Å²) < 4.78 is 0. The van der Waals surface area contributed by atoms with Crippen molar-refractivity contribution in [2.45, 2.75) is 0 Å². The highest BCUT2D eigenvalue weighted by Crippen LogP contribution is 2.42. The van der Waals surface area contributed by atoms with Crippen molar-refractivity contribution in [3.63, 3.8) is 0 Å². The molecular formula is C74H53N3. The SMILES string of the molecule is c1ccc(-c2ccc(N(c3ccccc3)c3ccc(-c4ccc(-c5ccc(N(c6ccccc6)c6ccc7c(ccc8cc(N(c9ccccc9)c9ccc(-c%10ccccc%10)cc9)ccc87)c6)cc5)cc4)cc3)cc2)cc1. The Labute approximate surface area is 451 Å². The van der Waals surface area contributed by atoms with Gasteiger partial charge < -0.3 is 14.7 Å². The number of nitrogens with zero attached hydrogens (tertiary/aromatic N) is 3. The molecule has 0 radical (unpaired) electrons. The standard InChI is InChI=1S/C74H53N3/c1-6-16-54(17-7-1)58-32-40-67(41-33-58)75(64-20-10-3-11-21-64)68-42-36-60(37-43-68)56-26-28-57(29-27-56)61-38-46-70(47-39-61)77(66-24-14-5-15-25-66)72-49-51-74-63(53-72)31-30-62-52-71(48-50-73(62)74)76(65-22-12-4-13-23-65)69-44-34-59(35-45-69)55-18-8-2-9-19-55/h1-53H. The molecule has 3 nitrogen and oxygen atoms in total. The van der Waals surface area contributed by atoms with E-state index < -0.39 is 0 Å². The predicted octanol–water partition coefficient (Wildman–Crippen LogP) is 21.1. The first-order valence-electron chi connectivity index (χ1n) is 26.3. The number of para-hydroxylation sites is 3. The maximum Gasteiger partial charge on any atom is 0.0468 e. The minimum Gasteiger partial charge on any atom is -0.311 e. The lowest BCUT2D eigenvalue weighted by molar-refractivity contribution is 1.28. The number of hydrogen-bond donors (Lipinski definition) is 0. The summed E-state index contributed by atoms with van der Waals surface area (Å²) in [6.45, 7) is 0. The van der Waals surface area contributed by atoms with Crippen molar-refractivity contribution in [3.05, 3.63) is 322 Å². The van der Waals surface area contributed by atoms with E-state index in [4.69, 9.17) is 0 Å². The molecule has 0 aromatic heterocycles. The molecule has 13 aromatic carbocycles. The molecule has 364 valence electrons. The fraction of sp³-hybridized carbons (Fsp3) is 0. The van der Waals surface area contributed by atoms with Gasteiger partial charge in [-0.1, -0.05) is 212 Å². The molecule has 0 aliphatic heterocycles. The van der Waals surface area contributed by atoms with E-state index in [1.165, 1.54) is 66.1 Å². The van der Waals surface area contributed by atoms with Crippen LogP contribution < -0.4 is 14.7 Å². The Bertz CT molecular complexity index is 4070. The Morgan fingerprint density at radius 3 is 0.610 bits per heavy atom. The topological polar surface area (TPSA) is 9.72 Å². The number of rotatable bonds is 13. The van der Waals surface area contributed by atoms with Crippen molar-refractivity contribution in [2.75, 3.05) is 14.7 Å². The molecule has 3 heteroatoms. The van der Waals surface area contributed by atoms with Gasteiger partial charge in [0.25, 0.3) is 0 Å². The summed E-state index contributed by atoms with van der Waals surface area (Å²) in [5.41, 5.74) is 19.5. The molecule has 77 heavy (non-hydrogen) atoms. The molecule has 0 spiro atoms. The molecule has 0 fully saturated rings. The molecule has 0 atom stereocenters. The van der Waals surface area contributed by atoms with Crippen LogP contribution in [0, 0.1) is 0 Å². The van der Waals surface area contributed by atoms with E-state index in [1.54, 1.807) is 0 Å². The Hall–Kier alpha value is -10.2. The third kappa shape index (κ3) is 9.62. The third-order valence-electron chi connectivity index (χ3n) is 14.6. The fourth-order valence-electron chi connectivity index (χ4n) is 10.7. The zero-order valence-electron chi connectivity index (χ0n) is 42.4. The first-order chi connectivity index (χ1) is 38.2. The third-order valence-corrected chi connectivity index (χ3v) is 14.6. The Balaban J connectivity index is 0.753. The van der Waals surface area contributed by atoms with Gasteiger partial charge >= 0.3 is 0 Å². The van der Waals surface area contributed by atoms with E-state index in [1.807, 2.05) is 0 Å². The maximum atomic E-state index is 2.35. The summed E-state index contributed by atoms with van der Waals surface area (Å²) in [4.78, 5) is 7.00. The van der Waals surface area contributed by atoms with Crippen molar-refractivity contribution >= 4 is 72.7 Å². The van der Waals surface area contributed by atoms with Gasteiger partial charge in [-0.15, -0.1) is 0 Å². The van der Waals surface area contributed by atoms with Crippen molar-refractivity contribution in [1.29, 1.82) is 0 Å². The molecule has 0 saturated carbocycles.